The Morgan fingerprint density at radius 3 is 2.55 bits per heavy atom. The third-order valence-corrected chi connectivity index (χ3v) is 3.23. The molecular weight excluding hydrogens is 260 g/mol. The fraction of sp³-hybridized carbons (Fsp3) is 0.250. The van der Waals surface area contributed by atoms with Crippen LogP contribution in [0.25, 0.3) is 0 Å². The molecule has 0 saturated heterocycles. The Morgan fingerprint density at radius 2 is 1.85 bits per heavy atom. The van der Waals surface area contributed by atoms with Gasteiger partial charge in [-0.25, -0.2) is 8.78 Å². The lowest BCUT2D eigenvalue weighted by Crippen LogP contribution is -2.25. The fourth-order valence-corrected chi connectivity index (χ4v) is 2.04. The van der Waals surface area contributed by atoms with E-state index in [-0.39, 0.29) is 24.0 Å². The molecule has 2 nitrogen and oxygen atoms in total. The molecule has 2 rings (SSSR count). The summed E-state index contributed by atoms with van der Waals surface area (Å²) < 4.78 is 26.6. The molecule has 0 bridgehead atoms. The highest BCUT2D eigenvalue weighted by Crippen LogP contribution is 2.18. The molecule has 0 saturated carbocycles. The topological polar surface area (TPSA) is 32.3 Å². The first-order valence-corrected chi connectivity index (χ1v) is 6.49. The molecule has 0 aliphatic carbocycles. The minimum Gasteiger partial charge on any atom is -0.387 e. The van der Waals surface area contributed by atoms with Gasteiger partial charge in [0.1, 0.15) is 11.6 Å². The highest BCUT2D eigenvalue weighted by molar-refractivity contribution is 5.21. The molecule has 20 heavy (non-hydrogen) atoms. The zero-order valence-corrected chi connectivity index (χ0v) is 11.2. The predicted molar refractivity (Wildman–Crippen MR) is 74.2 cm³/mol. The van der Waals surface area contributed by atoms with Crippen molar-refractivity contribution in [2.75, 3.05) is 6.54 Å². The molecule has 0 fully saturated rings. The second-order valence-electron chi connectivity index (χ2n) is 4.72. The number of aliphatic hydroxyl groups excluding tert-OH is 1. The van der Waals surface area contributed by atoms with Crippen LogP contribution in [-0.4, -0.2) is 11.7 Å². The number of halogens is 2. The molecule has 4 heteroatoms. The van der Waals surface area contributed by atoms with Crippen LogP contribution < -0.4 is 5.32 Å². The quantitative estimate of drug-likeness (QED) is 0.878. The maximum Gasteiger partial charge on any atom is 0.129 e. The van der Waals surface area contributed by atoms with Gasteiger partial charge in [-0.3, -0.25) is 0 Å². The van der Waals surface area contributed by atoms with E-state index in [0.29, 0.717) is 0 Å². The van der Waals surface area contributed by atoms with Crippen molar-refractivity contribution in [2.45, 2.75) is 19.1 Å². The number of benzene rings is 2. The Hall–Kier alpha value is -1.78. The lowest BCUT2D eigenvalue weighted by molar-refractivity contribution is 0.166. The lowest BCUT2D eigenvalue weighted by atomic mass is 10.1. The summed E-state index contributed by atoms with van der Waals surface area (Å²) in [6, 6.07) is 12.2. The standard InChI is InChI=1S/C16H17F2NO/c1-11(12-5-4-6-13(17)9-12)19-10-16(20)14-7-2-3-8-15(14)18/h2-9,11,16,19-20H,10H2,1H3/t11-,16?/m1/s1. The van der Waals surface area contributed by atoms with E-state index < -0.39 is 11.9 Å². The van der Waals surface area contributed by atoms with E-state index in [1.807, 2.05) is 6.92 Å². The van der Waals surface area contributed by atoms with E-state index >= 15 is 0 Å². The van der Waals surface area contributed by atoms with Gasteiger partial charge in [0.25, 0.3) is 0 Å². The highest BCUT2D eigenvalue weighted by atomic mass is 19.1. The molecule has 0 amide bonds. The zero-order chi connectivity index (χ0) is 14.5. The SMILES string of the molecule is C[C@@H](NCC(O)c1ccccc1F)c1cccc(F)c1. The van der Waals surface area contributed by atoms with Crippen LogP contribution in [-0.2, 0) is 0 Å². The minimum absolute atomic E-state index is 0.132. The van der Waals surface area contributed by atoms with Crippen LogP contribution in [0, 0.1) is 11.6 Å². The molecule has 0 aromatic heterocycles. The van der Waals surface area contributed by atoms with Crippen molar-refractivity contribution in [2.24, 2.45) is 0 Å². The van der Waals surface area contributed by atoms with Crippen molar-refractivity contribution < 1.29 is 13.9 Å². The van der Waals surface area contributed by atoms with Gasteiger partial charge in [-0.1, -0.05) is 30.3 Å². The Morgan fingerprint density at radius 1 is 1.10 bits per heavy atom. The zero-order valence-electron chi connectivity index (χ0n) is 11.2. The van der Waals surface area contributed by atoms with Gasteiger partial charge < -0.3 is 10.4 Å². The Kier molecular flexibility index (Phi) is 4.82. The molecule has 2 atom stereocenters. The van der Waals surface area contributed by atoms with Crippen molar-refractivity contribution in [3.05, 3.63) is 71.3 Å². The first-order chi connectivity index (χ1) is 9.58. The maximum absolute atomic E-state index is 13.5. The first-order valence-electron chi connectivity index (χ1n) is 6.49. The van der Waals surface area contributed by atoms with Gasteiger partial charge in [0.15, 0.2) is 0 Å². The van der Waals surface area contributed by atoms with Crippen molar-refractivity contribution >= 4 is 0 Å². The average molecular weight is 277 g/mol. The third kappa shape index (κ3) is 3.62. The summed E-state index contributed by atoms with van der Waals surface area (Å²) in [5, 5.41) is 13.0. The van der Waals surface area contributed by atoms with Crippen LogP contribution in [0.2, 0.25) is 0 Å². The Labute approximate surface area is 117 Å². The minimum atomic E-state index is -0.938. The van der Waals surface area contributed by atoms with Crippen LogP contribution in [0.5, 0.6) is 0 Å². The van der Waals surface area contributed by atoms with Gasteiger partial charge in [-0.15, -0.1) is 0 Å². The van der Waals surface area contributed by atoms with E-state index in [2.05, 4.69) is 5.32 Å². The van der Waals surface area contributed by atoms with E-state index in [1.165, 1.54) is 18.2 Å². The van der Waals surface area contributed by atoms with E-state index in [9.17, 15) is 13.9 Å². The van der Waals surface area contributed by atoms with Crippen LogP contribution in [0.4, 0.5) is 8.78 Å². The normalized spacial score (nSPS) is 14.0. The van der Waals surface area contributed by atoms with Gasteiger partial charge in [0.2, 0.25) is 0 Å². The number of nitrogens with one attached hydrogen (secondary N) is 1. The fourth-order valence-electron chi connectivity index (χ4n) is 2.04. The summed E-state index contributed by atoms with van der Waals surface area (Å²) in [6.45, 7) is 2.06. The summed E-state index contributed by atoms with van der Waals surface area (Å²) in [5.41, 5.74) is 1.04. The first kappa shape index (κ1) is 14.6. The van der Waals surface area contributed by atoms with Crippen LogP contribution in [0.15, 0.2) is 48.5 Å². The van der Waals surface area contributed by atoms with Gasteiger partial charge in [-0.2, -0.15) is 0 Å². The highest BCUT2D eigenvalue weighted by Gasteiger charge is 2.14. The Bertz CT molecular complexity index is 574. The van der Waals surface area contributed by atoms with E-state index in [0.717, 1.165) is 5.56 Å². The summed E-state index contributed by atoms with van der Waals surface area (Å²) >= 11 is 0. The summed E-state index contributed by atoms with van der Waals surface area (Å²) in [4.78, 5) is 0. The molecule has 106 valence electrons. The molecule has 2 N–H and O–H groups in total. The van der Waals surface area contributed by atoms with Crippen LogP contribution in [0.1, 0.15) is 30.2 Å². The molecule has 0 aliphatic rings. The van der Waals surface area contributed by atoms with Gasteiger partial charge in [0.05, 0.1) is 6.10 Å². The van der Waals surface area contributed by atoms with Crippen LogP contribution in [0.3, 0.4) is 0 Å². The van der Waals surface area contributed by atoms with Crippen molar-refractivity contribution in [3.8, 4) is 0 Å². The Balaban J connectivity index is 1.97. The summed E-state index contributed by atoms with van der Waals surface area (Å²) in [7, 11) is 0. The van der Waals surface area contributed by atoms with Gasteiger partial charge in [-0.05, 0) is 30.7 Å². The molecule has 2 aromatic carbocycles. The molecule has 1 unspecified atom stereocenters. The molecule has 2 aromatic rings. The lowest BCUT2D eigenvalue weighted by Gasteiger charge is -2.18. The second kappa shape index (κ2) is 6.59. The van der Waals surface area contributed by atoms with Crippen molar-refractivity contribution in [3.63, 3.8) is 0 Å². The summed E-state index contributed by atoms with van der Waals surface area (Å²) in [6.07, 6.45) is -0.938. The molecule has 0 heterocycles. The third-order valence-electron chi connectivity index (χ3n) is 3.23. The summed E-state index contributed by atoms with van der Waals surface area (Å²) in [5.74, 6) is -0.731. The number of aliphatic hydroxyl groups is 1. The molecule has 0 spiro atoms. The number of rotatable bonds is 5. The molecule has 0 radical (unpaired) electrons. The number of hydrogen-bond donors (Lipinski definition) is 2. The predicted octanol–water partition coefficient (Wildman–Crippen LogP) is 3.35. The van der Waals surface area contributed by atoms with Gasteiger partial charge in [0, 0.05) is 18.2 Å². The molecular formula is C16H17F2NO. The maximum atomic E-state index is 13.5. The van der Waals surface area contributed by atoms with E-state index in [1.54, 1.807) is 30.3 Å². The second-order valence-corrected chi connectivity index (χ2v) is 4.72. The smallest absolute Gasteiger partial charge is 0.129 e. The molecule has 0 aliphatic heterocycles. The van der Waals surface area contributed by atoms with Gasteiger partial charge >= 0.3 is 0 Å². The van der Waals surface area contributed by atoms with Crippen LogP contribution >= 0.6 is 0 Å². The van der Waals surface area contributed by atoms with Crippen molar-refractivity contribution in [1.82, 2.24) is 5.32 Å². The van der Waals surface area contributed by atoms with Crippen molar-refractivity contribution in [1.29, 1.82) is 0 Å². The number of hydrogen-bond acceptors (Lipinski definition) is 2. The van der Waals surface area contributed by atoms with E-state index in [4.69, 9.17) is 0 Å². The largest absolute Gasteiger partial charge is 0.387 e. The monoisotopic (exact) mass is 277 g/mol. The average Bonchev–Trinajstić information content (AvgIpc) is 2.45.